The minimum atomic E-state index is -0.587. The molecule has 0 bridgehead atoms. The van der Waals surface area contributed by atoms with E-state index in [0.717, 1.165) is 0 Å². The molecule has 0 fully saturated rings. The minimum Gasteiger partial charge on any atom is -0.444 e. The number of ether oxygens (including phenoxy) is 1. The second-order valence-corrected chi connectivity index (χ2v) is 4.59. The second kappa shape index (κ2) is 4.55. The molecule has 0 saturated heterocycles. The lowest BCUT2D eigenvalue weighted by Gasteiger charge is -2.19. The Morgan fingerprint density at radius 1 is 1.44 bits per heavy atom. The van der Waals surface area contributed by atoms with Crippen LogP contribution in [0.15, 0.2) is 18.2 Å². The van der Waals surface area contributed by atoms with Gasteiger partial charge in [-0.1, -0.05) is 11.5 Å². The third-order valence-electron chi connectivity index (χ3n) is 1.82. The molecule has 5 heteroatoms. The first kappa shape index (κ1) is 12.6. The molecule has 86 valence electrons. The molecule has 0 aliphatic carbocycles. The maximum atomic E-state index is 13.2. The number of hydrogen-bond donors (Lipinski definition) is 1. The van der Waals surface area contributed by atoms with Gasteiger partial charge in [0.25, 0.3) is 0 Å². The maximum absolute atomic E-state index is 13.2. The predicted octanol–water partition coefficient (Wildman–Crippen LogP) is 1.43. The van der Waals surface area contributed by atoms with Crippen LogP contribution in [0.4, 0.5) is 14.9 Å². The third kappa shape index (κ3) is 3.92. The van der Waals surface area contributed by atoms with E-state index in [1.54, 1.807) is 40.8 Å². The Labute approximate surface area is 95.4 Å². The van der Waals surface area contributed by atoms with Crippen molar-refractivity contribution in [3.63, 3.8) is 0 Å². The summed E-state index contributed by atoms with van der Waals surface area (Å²) >= 11 is 0. The quantitative estimate of drug-likeness (QED) is 0.731. The van der Waals surface area contributed by atoms with Gasteiger partial charge in [-0.3, -0.25) is 5.32 Å². The Morgan fingerprint density at radius 3 is 2.56 bits per heavy atom. The molecule has 0 aliphatic heterocycles. The van der Waals surface area contributed by atoms with E-state index in [1.807, 2.05) is 0 Å². The van der Waals surface area contributed by atoms with Gasteiger partial charge in [0.2, 0.25) is 0 Å². The van der Waals surface area contributed by atoms with Crippen LogP contribution in [0.2, 0.25) is 0 Å². The molecule has 1 aromatic carbocycles. The first-order chi connectivity index (χ1) is 7.28. The van der Waals surface area contributed by atoms with E-state index in [2.05, 4.69) is 5.32 Å². The van der Waals surface area contributed by atoms with Gasteiger partial charge in [0.05, 0.1) is 0 Å². The van der Waals surface area contributed by atoms with E-state index in [-0.39, 0.29) is 5.82 Å². The molecular formula is C11H15BFNO2. The van der Waals surface area contributed by atoms with Crippen molar-refractivity contribution in [1.29, 1.82) is 0 Å². The van der Waals surface area contributed by atoms with E-state index in [0.29, 0.717) is 11.2 Å². The molecular weight excluding hydrogens is 208 g/mol. The molecule has 0 spiro atoms. The van der Waals surface area contributed by atoms with Crippen molar-refractivity contribution in [2.45, 2.75) is 26.4 Å². The highest BCUT2D eigenvalue weighted by Crippen LogP contribution is 2.11. The molecule has 3 nitrogen and oxygen atoms in total. The molecule has 1 N–H and O–H groups in total. The minimum absolute atomic E-state index is 0.353. The molecule has 16 heavy (non-hydrogen) atoms. The summed E-state index contributed by atoms with van der Waals surface area (Å²) in [5, 5.41) is 2.47. The van der Waals surface area contributed by atoms with Gasteiger partial charge in [-0.05, 0) is 32.9 Å². The monoisotopic (exact) mass is 223 g/mol. The van der Waals surface area contributed by atoms with E-state index in [9.17, 15) is 9.18 Å². The smallest absolute Gasteiger partial charge is 0.412 e. The largest absolute Gasteiger partial charge is 0.444 e. The number of carbonyl (C=O) groups excluding carboxylic acids is 1. The lowest BCUT2D eigenvalue weighted by Crippen LogP contribution is -2.27. The highest BCUT2D eigenvalue weighted by Gasteiger charge is 2.16. The zero-order valence-electron chi connectivity index (χ0n) is 9.93. The van der Waals surface area contributed by atoms with Crippen molar-refractivity contribution in [3.05, 3.63) is 24.0 Å². The maximum Gasteiger partial charge on any atom is 0.412 e. The molecule has 1 rings (SSSR count). The van der Waals surface area contributed by atoms with Crippen molar-refractivity contribution >= 4 is 25.1 Å². The zero-order valence-corrected chi connectivity index (χ0v) is 9.93. The van der Waals surface area contributed by atoms with Crippen LogP contribution in [0.1, 0.15) is 20.8 Å². The normalized spacial score (nSPS) is 11.0. The molecule has 0 aromatic heterocycles. The lowest BCUT2D eigenvalue weighted by atomic mass is 9.95. The first-order valence-corrected chi connectivity index (χ1v) is 5.04. The third-order valence-corrected chi connectivity index (χ3v) is 1.82. The summed E-state index contributed by atoms with van der Waals surface area (Å²) in [6, 6.07) is 4.49. The summed E-state index contributed by atoms with van der Waals surface area (Å²) < 4.78 is 18.2. The summed E-state index contributed by atoms with van der Waals surface area (Å²) in [7, 11) is 1.66. The molecule has 0 aliphatic rings. The molecule has 0 radical (unpaired) electrons. The fourth-order valence-corrected chi connectivity index (χ4v) is 1.09. The number of rotatable bonds is 1. The second-order valence-electron chi connectivity index (χ2n) is 4.59. The molecule has 0 heterocycles. The van der Waals surface area contributed by atoms with Crippen LogP contribution in [0.5, 0.6) is 0 Å². The van der Waals surface area contributed by atoms with Crippen molar-refractivity contribution in [2.24, 2.45) is 0 Å². The van der Waals surface area contributed by atoms with Gasteiger partial charge < -0.3 is 4.74 Å². The first-order valence-electron chi connectivity index (χ1n) is 5.04. The standard InChI is InChI=1S/C11H15BFNO2/c1-11(2,3)16-10(15)14-7-4-5-8(12)9(13)6-7/h4-6H,12H2,1-3H3,(H,14,15). The van der Waals surface area contributed by atoms with Gasteiger partial charge >= 0.3 is 6.09 Å². The van der Waals surface area contributed by atoms with Crippen LogP contribution >= 0.6 is 0 Å². The van der Waals surface area contributed by atoms with Gasteiger partial charge in [-0.2, -0.15) is 0 Å². The number of benzene rings is 1. The SMILES string of the molecule is Bc1ccc(NC(=O)OC(C)(C)C)cc1F. The number of amides is 1. The number of carbonyl (C=O) groups is 1. The van der Waals surface area contributed by atoms with Crippen molar-refractivity contribution in [3.8, 4) is 0 Å². The van der Waals surface area contributed by atoms with Gasteiger partial charge in [-0.25, -0.2) is 9.18 Å². The lowest BCUT2D eigenvalue weighted by molar-refractivity contribution is 0.0636. The number of nitrogens with one attached hydrogen (secondary N) is 1. The van der Waals surface area contributed by atoms with Gasteiger partial charge in [0.15, 0.2) is 0 Å². The summed E-state index contributed by atoms with van der Waals surface area (Å²) in [5.41, 5.74) is 0.361. The Hall–Kier alpha value is -1.52. The van der Waals surface area contributed by atoms with Gasteiger partial charge in [0.1, 0.15) is 19.3 Å². The summed E-state index contributed by atoms with van der Waals surface area (Å²) in [5.74, 6) is -0.353. The average molecular weight is 223 g/mol. The van der Waals surface area contributed by atoms with Gasteiger partial charge in [0, 0.05) is 5.69 Å². The van der Waals surface area contributed by atoms with Crippen LogP contribution in [0.25, 0.3) is 0 Å². The Balaban J connectivity index is 2.67. The van der Waals surface area contributed by atoms with E-state index < -0.39 is 11.7 Å². The van der Waals surface area contributed by atoms with Gasteiger partial charge in [-0.15, -0.1) is 0 Å². The van der Waals surface area contributed by atoms with Crippen molar-refractivity contribution in [2.75, 3.05) is 5.32 Å². The molecule has 0 atom stereocenters. The zero-order chi connectivity index (χ0) is 12.3. The van der Waals surface area contributed by atoms with Crippen LogP contribution < -0.4 is 10.8 Å². The van der Waals surface area contributed by atoms with Crippen molar-refractivity contribution in [1.82, 2.24) is 0 Å². The van der Waals surface area contributed by atoms with E-state index in [1.165, 1.54) is 6.07 Å². The summed E-state index contributed by atoms with van der Waals surface area (Å²) in [4.78, 5) is 11.4. The van der Waals surface area contributed by atoms with Crippen LogP contribution in [-0.2, 0) is 4.74 Å². The Kier molecular flexibility index (Phi) is 3.57. The van der Waals surface area contributed by atoms with Crippen LogP contribution in [-0.4, -0.2) is 19.5 Å². The summed E-state index contributed by atoms with van der Waals surface area (Å²) in [6.45, 7) is 5.30. The van der Waals surface area contributed by atoms with E-state index in [4.69, 9.17) is 4.74 Å². The average Bonchev–Trinajstić information content (AvgIpc) is 2.08. The number of anilines is 1. The number of halogens is 1. The van der Waals surface area contributed by atoms with Crippen molar-refractivity contribution < 1.29 is 13.9 Å². The summed E-state index contributed by atoms with van der Waals surface area (Å²) in [6.07, 6.45) is -0.587. The highest BCUT2D eigenvalue weighted by molar-refractivity contribution is 6.32. The van der Waals surface area contributed by atoms with Crippen LogP contribution in [0.3, 0.4) is 0 Å². The fraction of sp³-hybridized carbons (Fsp3) is 0.364. The van der Waals surface area contributed by atoms with Crippen LogP contribution in [0, 0.1) is 5.82 Å². The number of hydrogen-bond acceptors (Lipinski definition) is 2. The highest BCUT2D eigenvalue weighted by atomic mass is 19.1. The molecule has 1 aromatic rings. The molecule has 0 unspecified atom stereocenters. The van der Waals surface area contributed by atoms with E-state index >= 15 is 0 Å². The Morgan fingerprint density at radius 2 is 2.06 bits per heavy atom. The Bertz CT molecular complexity index is 401. The molecule has 0 saturated carbocycles. The molecule has 1 amide bonds. The fourth-order valence-electron chi connectivity index (χ4n) is 1.09. The predicted molar refractivity (Wildman–Crippen MR) is 64.4 cm³/mol. The topological polar surface area (TPSA) is 38.3 Å².